The molecule has 1 aliphatic heterocycles. The molecule has 29 heavy (non-hydrogen) atoms. The minimum atomic E-state index is -0.627. The molecule has 3 rings (SSSR count). The molecule has 0 fully saturated rings. The van der Waals surface area contributed by atoms with Gasteiger partial charge >= 0.3 is 5.97 Å². The fourth-order valence-electron chi connectivity index (χ4n) is 3.73. The summed E-state index contributed by atoms with van der Waals surface area (Å²) in [4.78, 5) is 13.2. The summed E-state index contributed by atoms with van der Waals surface area (Å²) in [7, 11) is 0. The largest absolute Gasteiger partial charge is 0.511 e. The van der Waals surface area contributed by atoms with Gasteiger partial charge in [0.1, 0.15) is 29.1 Å². The average Bonchev–Trinajstić information content (AvgIpc) is 2.60. The number of ether oxygens (including phenoxy) is 1. The zero-order valence-corrected chi connectivity index (χ0v) is 17.7. The highest BCUT2D eigenvalue weighted by Gasteiger charge is 2.34. The van der Waals surface area contributed by atoms with Crippen LogP contribution in [0.2, 0.25) is 0 Å². The second kappa shape index (κ2) is 8.57. The molecule has 0 bridgehead atoms. The predicted molar refractivity (Wildman–Crippen MR) is 111 cm³/mol. The van der Waals surface area contributed by atoms with E-state index in [1.54, 1.807) is 0 Å². The molecule has 0 aliphatic carbocycles. The van der Waals surface area contributed by atoms with Crippen LogP contribution in [0.4, 0.5) is 8.78 Å². The van der Waals surface area contributed by atoms with Gasteiger partial charge in [-0.3, -0.25) is 0 Å². The third-order valence-electron chi connectivity index (χ3n) is 5.06. The van der Waals surface area contributed by atoms with Crippen molar-refractivity contribution >= 4 is 23.3 Å². The zero-order valence-electron chi connectivity index (χ0n) is 16.9. The monoisotopic (exact) mass is 418 g/mol. The summed E-state index contributed by atoms with van der Waals surface area (Å²) in [6, 6.07) is 7.31. The summed E-state index contributed by atoms with van der Waals surface area (Å²) in [5, 5.41) is 10.7. The van der Waals surface area contributed by atoms with Crippen molar-refractivity contribution in [3.63, 3.8) is 0 Å². The standard InChI is InChI=1S/C23H24F2O3S/c1-12-5-13(2)21(14(3)6-12)22-19(26)10-20(28-23(22)27)15(4)11-29-18-8-16(24)7-17(25)9-18/h5-9,15,20,26H,10-11H2,1-4H3. The first kappa shape index (κ1) is 21.4. The topological polar surface area (TPSA) is 46.5 Å². The van der Waals surface area contributed by atoms with Gasteiger partial charge in [0.05, 0.1) is 0 Å². The second-order valence-corrected chi connectivity index (χ2v) is 8.73. The van der Waals surface area contributed by atoms with Crippen LogP contribution >= 0.6 is 11.8 Å². The van der Waals surface area contributed by atoms with Gasteiger partial charge in [-0.1, -0.05) is 24.6 Å². The Labute approximate surface area is 173 Å². The molecule has 0 saturated carbocycles. The molecule has 2 atom stereocenters. The van der Waals surface area contributed by atoms with Crippen LogP contribution in [0.3, 0.4) is 0 Å². The molecule has 6 heteroatoms. The van der Waals surface area contributed by atoms with E-state index in [0.717, 1.165) is 22.8 Å². The molecule has 0 amide bonds. The quantitative estimate of drug-likeness (QED) is 0.485. The molecule has 0 aromatic heterocycles. The number of hydrogen-bond acceptors (Lipinski definition) is 4. The number of aliphatic hydroxyl groups is 1. The summed E-state index contributed by atoms with van der Waals surface area (Å²) in [6.07, 6.45) is -0.282. The Bertz CT molecular complexity index is 941. The molecule has 1 aliphatic rings. The highest BCUT2D eigenvalue weighted by molar-refractivity contribution is 7.99. The number of thioether (sulfide) groups is 1. The molecular weight excluding hydrogens is 394 g/mol. The van der Waals surface area contributed by atoms with Crippen molar-refractivity contribution in [2.24, 2.45) is 5.92 Å². The number of carbonyl (C=O) groups excluding carboxylic acids is 1. The maximum absolute atomic E-state index is 13.3. The number of benzene rings is 2. The lowest BCUT2D eigenvalue weighted by Gasteiger charge is -2.29. The minimum absolute atomic E-state index is 0.0231. The van der Waals surface area contributed by atoms with E-state index in [0.29, 0.717) is 16.2 Å². The second-order valence-electron chi connectivity index (χ2n) is 7.64. The number of halogens is 2. The van der Waals surface area contributed by atoms with Gasteiger partial charge in [-0.2, -0.15) is 0 Å². The molecule has 0 spiro atoms. The molecule has 3 nitrogen and oxygen atoms in total. The zero-order chi connectivity index (χ0) is 21.3. The summed E-state index contributed by atoms with van der Waals surface area (Å²) >= 11 is 1.29. The number of aliphatic hydroxyl groups excluding tert-OH is 1. The Morgan fingerprint density at radius 1 is 1.10 bits per heavy atom. The molecule has 2 unspecified atom stereocenters. The van der Waals surface area contributed by atoms with E-state index in [9.17, 15) is 18.7 Å². The van der Waals surface area contributed by atoms with E-state index in [1.165, 1.54) is 23.9 Å². The van der Waals surface area contributed by atoms with Gasteiger partial charge in [0.15, 0.2) is 0 Å². The molecule has 154 valence electrons. The van der Waals surface area contributed by atoms with E-state index in [4.69, 9.17) is 4.74 Å². The summed E-state index contributed by atoms with van der Waals surface area (Å²) in [5.74, 6) is -1.39. The van der Waals surface area contributed by atoms with Crippen molar-refractivity contribution in [3.05, 3.63) is 70.0 Å². The first-order valence-electron chi connectivity index (χ1n) is 9.46. The Morgan fingerprint density at radius 2 is 1.69 bits per heavy atom. The maximum atomic E-state index is 13.3. The fraction of sp³-hybridized carbons (Fsp3) is 0.348. The van der Waals surface area contributed by atoms with Gasteiger partial charge in [-0.05, 0) is 49.6 Å². The fourth-order valence-corrected chi connectivity index (χ4v) is 4.80. The van der Waals surface area contributed by atoms with Crippen molar-refractivity contribution in [1.82, 2.24) is 0 Å². The third kappa shape index (κ3) is 4.81. The summed E-state index contributed by atoms with van der Waals surface area (Å²) < 4.78 is 32.3. The smallest absolute Gasteiger partial charge is 0.342 e. The van der Waals surface area contributed by atoms with Crippen LogP contribution in [0.5, 0.6) is 0 Å². The van der Waals surface area contributed by atoms with Crippen LogP contribution < -0.4 is 0 Å². The van der Waals surface area contributed by atoms with Crippen LogP contribution in [-0.2, 0) is 9.53 Å². The lowest BCUT2D eigenvalue weighted by atomic mass is 9.89. The Balaban J connectivity index is 1.76. The number of cyclic esters (lactones) is 1. The average molecular weight is 419 g/mol. The number of rotatable bonds is 5. The Kier molecular flexibility index (Phi) is 6.32. The Morgan fingerprint density at radius 3 is 2.24 bits per heavy atom. The van der Waals surface area contributed by atoms with E-state index in [1.807, 2.05) is 39.8 Å². The van der Waals surface area contributed by atoms with E-state index < -0.39 is 23.7 Å². The first-order valence-corrected chi connectivity index (χ1v) is 10.4. The molecular formula is C23H24F2O3S. The Hall–Kier alpha value is -2.34. The van der Waals surface area contributed by atoms with Crippen LogP contribution in [0, 0.1) is 38.3 Å². The van der Waals surface area contributed by atoms with Gasteiger partial charge in [-0.15, -0.1) is 11.8 Å². The van der Waals surface area contributed by atoms with Crippen LogP contribution in [0.25, 0.3) is 5.57 Å². The summed E-state index contributed by atoms with van der Waals surface area (Å²) in [5.41, 5.74) is 3.86. The van der Waals surface area contributed by atoms with Gasteiger partial charge in [0.25, 0.3) is 0 Å². The number of hydrogen-bond donors (Lipinski definition) is 1. The van der Waals surface area contributed by atoms with Crippen molar-refractivity contribution in [3.8, 4) is 0 Å². The molecule has 0 radical (unpaired) electrons. The lowest BCUT2D eigenvalue weighted by Crippen LogP contribution is -2.32. The maximum Gasteiger partial charge on any atom is 0.342 e. The highest BCUT2D eigenvalue weighted by atomic mass is 32.2. The van der Waals surface area contributed by atoms with E-state index in [-0.39, 0.29) is 23.7 Å². The van der Waals surface area contributed by atoms with Crippen molar-refractivity contribution in [2.45, 2.75) is 45.1 Å². The normalized spacial score (nSPS) is 18.0. The highest BCUT2D eigenvalue weighted by Crippen LogP contribution is 2.35. The number of esters is 1. The molecule has 0 saturated heterocycles. The third-order valence-corrected chi connectivity index (χ3v) is 6.32. The van der Waals surface area contributed by atoms with Crippen LogP contribution in [0.1, 0.15) is 35.6 Å². The van der Waals surface area contributed by atoms with Crippen molar-refractivity contribution < 1.29 is 23.4 Å². The van der Waals surface area contributed by atoms with Gasteiger partial charge < -0.3 is 9.84 Å². The number of carbonyl (C=O) groups is 1. The van der Waals surface area contributed by atoms with E-state index >= 15 is 0 Å². The number of aryl methyl sites for hydroxylation is 3. The summed E-state index contributed by atoms with van der Waals surface area (Å²) in [6.45, 7) is 7.69. The van der Waals surface area contributed by atoms with Crippen molar-refractivity contribution in [1.29, 1.82) is 0 Å². The lowest BCUT2D eigenvalue weighted by molar-refractivity contribution is -0.145. The minimum Gasteiger partial charge on any atom is -0.511 e. The van der Waals surface area contributed by atoms with Crippen LogP contribution in [-0.4, -0.2) is 22.9 Å². The predicted octanol–water partition coefficient (Wildman–Crippen LogP) is 5.90. The van der Waals surface area contributed by atoms with Crippen molar-refractivity contribution in [2.75, 3.05) is 5.75 Å². The molecule has 1 N–H and O–H groups in total. The van der Waals surface area contributed by atoms with Gasteiger partial charge in [-0.25, -0.2) is 13.6 Å². The molecule has 1 heterocycles. The SMILES string of the molecule is Cc1cc(C)c(C2=C(O)CC(C(C)CSc3cc(F)cc(F)c3)OC2=O)c(C)c1. The molecule has 2 aromatic carbocycles. The van der Waals surface area contributed by atoms with Gasteiger partial charge in [0.2, 0.25) is 0 Å². The van der Waals surface area contributed by atoms with Crippen LogP contribution in [0.15, 0.2) is 41.0 Å². The first-order chi connectivity index (χ1) is 13.7. The molecule has 2 aromatic rings. The van der Waals surface area contributed by atoms with Gasteiger partial charge in [0, 0.05) is 29.1 Å². The van der Waals surface area contributed by atoms with E-state index in [2.05, 4.69) is 0 Å².